The van der Waals surface area contributed by atoms with Crippen LogP contribution in [0.4, 0.5) is 0 Å². The summed E-state index contributed by atoms with van der Waals surface area (Å²) in [5.41, 5.74) is 0. The zero-order valence-electron chi connectivity index (χ0n) is 7.95. The number of hydrogen-bond acceptors (Lipinski definition) is 3. The molecular weight excluding hydrogens is 166 g/mol. The Labute approximate surface area is 79.0 Å². The number of allylic oxidation sites excluding steroid dienone is 1. The quantitative estimate of drug-likeness (QED) is 0.466. The van der Waals surface area contributed by atoms with E-state index in [1.54, 1.807) is 12.2 Å². The highest BCUT2D eigenvalue weighted by molar-refractivity contribution is 5.69. The molecule has 0 saturated heterocycles. The first-order chi connectivity index (χ1) is 6.31. The summed E-state index contributed by atoms with van der Waals surface area (Å²) in [5, 5.41) is 8.18. The first kappa shape index (κ1) is 11.7. The van der Waals surface area contributed by atoms with Gasteiger partial charge in [-0.05, 0) is 6.42 Å². The Hall–Kier alpha value is -1.30. The van der Waals surface area contributed by atoms with E-state index in [2.05, 4.69) is 0 Å². The standard InChI is InChI=1S/C10H15NO2/c1-2-3-7-10(12)13-9-6-4-5-8-11/h4,6H,2-3,5,7,9H2,1H3/b6-4+. The largest absolute Gasteiger partial charge is 0.461 e. The van der Waals surface area contributed by atoms with E-state index in [-0.39, 0.29) is 12.6 Å². The molecule has 0 atom stereocenters. The molecule has 0 spiro atoms. The maximum atomic E-state index is 10.9. The molecule has 72 valence electrons. The molecule has 3 heteroatoms. The normalized spacial score (nSPS) is 9.85. The lowest BCUT2D eigenvalue weighted by molar-refractivity contribution is -0.142. The molecular formula is C10H15NO2. The highest BCUT2D eigenvalue weighted by Crippen LogP contribution is 1.96. The molecule has 0 bridgehead atoms. The number of nitrogens with zero attached hydrogens (tertiary/aromatic N) is 1. The lowest BCUT2D eigenvalue weighted by atomic mass is 10.2. The van der Waals surface area contributed by atoms with Crippen molar-refractivity contribution in [2.24, 2.45) is 0 Å². The van der Waals surface area contributed by atoms with Gasteiger partial charge in [0.05, 0.1) is 12.5 Å². The Bertz CT molecular complexity index is 203. The molecule has 0 heterocycles. The third-order valence-electron chi connectivity index (χ3n) is 1.45. The van der Waals surface area contributed by atoms with Crippen molar-refractivity contribution < 1.29 is 9.53 Å². The van der Waals surface area contributed by atoms with Gasteiger partial charge in [-0.15, -0.1) is 0 Å². The summed E-state index contributed by atoms with van der Waals surface area (Å²) in [7, 11) is 0. The molecule has 0 rings (SSSR count). The number of hydrogen-bond donors (Lipinski definition) is 0. The minimum atomic E-state index is -0.163. The van der Waals surface area contributed by atoms with Crippen molar-refractivity contribution in [3.63, 3.8) is 0 Å². The van der Waals surface area contributed by atoms with Gasteiger partial charge in [-0.2, -0.15) is 5.26 Å². The van der Waals surface area contributed by atoms with Crippen LogP contribution >= 0.6 is 0 Å². The molecule has 3 nitrogen and oxygen atoms in total. The van der Waals surface area contributed by atoms with Gasteiger partial charge in [-0.1, -0.05) is 25.5 Å². The Morgan fingerprint density at radius 2 is 2.31 bits per heavy atom. The zero-order valence-corrected chi connectivity index (χ0v) is 7.95. The average molecular weight is 181 g/mol. The fraction of sp³-hybridized carbons (Fsp3) is 0.600. The number of carbonyl (C=O) groups excluding carboxylic acids is 1. The van der Waals surface area contributed by atoms with Crippen LogP contribution in [0.2, 0.25) is 0 Å². The first-order valence-electron chi connectivity index (χ1n) is 4.48. The van der Waals surface area contributed by atoms with E-state index in [4.69, 9.17) is 10.00 Å². The number of unbranched alkanes of at least 4 members (excludes halogenated alkanes) is 1. The SMILES string of the molecule is CCCCC(=O)OC/C=C/CC#N. The third kappa shape index (κ3) is 8.61. The smallest absolute Gasteiger partial charge is 0.306 e. The van der Waals surface area contributed by atoms with Crippen molar-refractivity contribution in [2.45, 2.75) is 32.6 Å². The van der Waals surface area contributed by atoms with Gasteiger partial charge in [0.1, 0.15) is 6.61 Å². The second-order valence-corrected chi connectivity index (χ2v) is 2.62. The molecule has 0 aromatic heterocycles. The van der Waals surface area contributed by atoms with Gasteiger partial charge < -0.3 is 4.74 Å². The van der Waals surface area contributed by atoms with E-state index in [0.29, 0.717) is 12.8 Å². The molecule has 0 aromatic carbocycles. The number of nitriles is 1. The van der Waals surface area contributed by atoms with Crippen LogP contribution in [0.5, 0.6) is 0 Å². The van der Waals surface area contributed by atoms with Crippen molar-refractivity contribution in [1.82, 2.24) is 0 Å². The maximum Gasteiger partial charge on any atom is 0.306 e. The fourth-order valence-electron chi connectivity index (χ4n) is 0.738. The van der Waals surface area contributed by atoms with Crippen molar-refractivity contribution in [3.8, 4) is 6.07 Å². The van der Waals surface area contributed by atoms with E-state index >= 15 is 0 Å². The van der Waals surface area contributed by atoms with Crippen LogP contribution in [0.1, 0.15) is 32.6 Å². The molecule has 0 aliphatic rings. The van der Waals surface area contributed by atoms with Crippen LogP contribution in [0.15, 0.2) is 12.2 Å². The lowest BCUT2D eigenvalue weighted by Crippen LogP contribution is -2.03. The number of carbonyl (C=O) groups is 1. The van der Waals surface area contributed by atoms with E-state index in [1.807, 2.05) is 13.0 Å². The Morgan fingerprint density at radius 1 is 1.54 bits per heavy atom. The van der Waals surface area contributed by atoms with E-state index in [1.165, 1.54) is 0 Å². The van der Waals surface area contributed by atoms with Crippen LogP contribution < -0.4 is 0 Å². The highest BCUT2D eigenvalue weighted by Gasteiger charge is 1.98. The molecule has 0 N–H and O–H groups in total. The minimum Gasteiger partial charge on any atom is -0.461 e. The van der Waals surface area contributed by atoms with Crippen LogP contribution in [0.25, 0.3) is 0 Å². The maximum absolute atomic E-state index is 10.9. The summed E-state index contributed by atoms with van der Waals surface area (Å²) in [5.74, 6) is -0.163. The van der Waals surface area contributed by atoms with Crippen LogP contribution in [0, 0.1) is 11.3 Å². The topological polar surface area (TPSA) is 50.1 Å². The molecule has 0 fully saturated rings. The van der Waals surface area contributed by atoms with Gasteiger partial charge >= 0.3 is 5.97 Å². The minimum absolute atomic E-state index is 0.163. The van der Waals surface area contributed by atoms with Gasteiger partial charge in [0.2, 0.25) is 0 Å². The third-order valence-corrected chi connectivity index (χ3v) is 1.45. The van der Waals surface area contributed by atoms with Gasteiger partial charge in [-0.3, -0.25) is 4.79 Å². The molecule has 0 aromatic rings. The molecule has 0 unspecified atom stereocenters. The molecule has 0 radical (unpaired) electrons. The van der Waals surface area contributed by atoms with Gasteiger partial charge in [0.25, 0.3) is 0 Å². The second kappa shape index (κ2) is 8.79. The summed E-state index contributed by atoms with van der Waals surface area (Å²) in [4.78, 5) is 10.9. The van der Waals surface area contributed by atoms with Gasteiger partial charge in [0, 0.05) is 6.42 Å². The summed E-state index contributed by atoms with van der Waals surface area (Å²) < 4.78 is 4.86. The van der Waals surface area contributed by atoms with Crippen molar-refractivity contribution in [1.29, 1.82) is 5.26 Å². The highest BCUT2D eigenvalue weighted by atomic mass is 16.5. The molecule has 0 amide bonds. The predicted molar refractivity (Wildman–Crippen MR) is 49.9 cm³/mol. The zero-order chi connectivity index (χ0) is 9.94. The van der Waals surface area contributed by atoms with Crippen molar-refractivity contribution in [3.05, 3.63) is 12.2 Å². The molecule has 13 heavy (non-hydrogen) atoms. The summed E-state index contributed by atoms with van der Waals surface area (Å²) in [6.45, 7) is 2.31. The van der Waals surface area contributed by atoms with Crippen LogP contribution in [0.3, 0.4) is 0 Å². The number of esters is 1. The summed E-state index contributed by atoms with van der Waals surface area (Å²) in [6.07, 6.45) is 6.11. The van der Waals surface area contributed by atoms with Crippen molar-refractivity contribution >= 4 is 5.97 Å². The van der Waals surface area contributed by atoms with E-state index in [0.717, 1.165) is 12.8 Å². The van der Waals surface area contributed by atoms with E-state index < -0.39 is 0 Å². The first-order valence-corrected chi connectivity index (χ1v) is 4.48. The number of ether oxygens (including phenoxy) is 1. The van der Waals surface area contributed by atoms with Gasteiger partial charge in [-0.25, -0.2) is 0 Å². The fourth-order valence-corrected chi connectivity index (χ4v) is 0.738. The van der Waals surface area contributed by atoms with Gasteiger partial charge in [0.15, 0.2) is 0 Å². The Balaban J connectivity index is 3.32. The molecule has 0 aliphatic heterocycles. The van der Waals surface area contributed by atoms with Crippen LogP contribution in [-0.4, -0.2) is 12.6 Å². The average Bonchev–Trinajstić information content (AvgIpc) is 2.14. The van der Waals surface area contributed by atoms with Crippen LogP contribution in [-0.2, 0) is 9.53 Å². The molecule has 0 aliphatic carbocycles. The number of rotatable bonds is 6. The van der Waals surface area contributed by atoms with Crippen molar-refractivity contribution in [2.75, 3.05) is 6.61 Å². The van der Waals surface area contributed by atoms with E-state index in [9.17, 15) is 4.79 Å². The second-order valence-electron chi connectivity index (χ2n) is 2.62. The summed E-state index contributed by atoms with van der Waals surface area (Å²) >= 11 is 0. The summed E-state index contributed by atoms with van der Waals surface area (Å²) in [6, 6.07) is 1.96. The Kier molecular flexibility index (Phi) is 7.91. The Morgan fingerprint density at radius 3 is 2.92 bits per heavy atom. The molecule has 0 saturated carbocycles. The monoisotopic (exact) mass is 181 g/mol. The lowest BCUT2D eigenvalue weighted by Gasteiger charge is -1.99. The predicted octanol–water partition coefficient (Wildman–Crippen LogP) is 2.19.